The number of hydrogen-bond donors (Lipinski definition) is 1. The molecule has 2 aromatic rings. The maximum absolute atomic E-state index is 14.0. The van der Waals surface area contributed by atoms with Crippen LogP contribution in [-0.4, -0.2) is 4.98 Å². The van der Waals surface area contributed by atoms with Crippen molar-refractivity contribution in [1.82, 2.24) is 4.98 Å². The number of thiazole rings is 1. The van der Waals surface area contributed by atoms with Crippen molar-refractivity contribution in [3.8, 4) is 0 Å². The smallest absolute Gasteiger partial charge is 0.134 e. The first-order chi connectivity index (χ1) is 8.41. The van der Waals surface area contributed by atoms with Gasteiger partial charge in [0.15, 0.2) is 0 Å². The van der Waals surface area contributed by atoms with Crippen LogP contribution in [0.2, 0.25) is 0 Å². The predicted molar refractivity (Wildman–Crippen MR) is 68.7 cm³/mol. The van der Waals surface area contributed by atoms with Gasteiger partial charge in [0.25, 0.3) is 0 Å². The molecule has 0 bridgehead atoms. The quantitative estimate of drug-likeness (QED) is 0.906. The van der Waals surface area contributed by atoms with Gasteiger partial charge in [-0.3, -0.25) is 0 Å². The van der Waals surface area contributed by atoms with Crippen molar-refractivity contribution in [2.24, 2.45) is 5.73 Å². The van der Waals surface area contributed by atoms with E-state index in [4.69, 9.17) is 5.73 Å². The Morgan fingerprint density at radius 3 is 2.44 bits per heavy atom. The highest BCUT2D eigenvalue weighted by Gasteiger charge is 2.23. The van der Waals surface area contributed by atoms with E-state index in [2.05, 4.69) is 4.98 Å². The van der Waals surface area contributed by atoms with Crippen molar-refractivity contribution in [3.63, 3.8) is 0 Å². The highest BCUT2D eigenvalue weighted by Crippen LogP contribution is 2.31. The summed E-state index contributed by atoms with van der Waals surface area (Å²) in [5, 5.41) is 0.839. The lowest BCUT2D eigenvalue weighted by molar-refractivity contribution is 0.539. The lowest BCUT2D eigenvalue weighted by Crippen LogP contribution is -2.16. The van der Waals surface area contributed by atoms with Gasteiger partial charge in [-0.15, -0.1) is 11.3 Å². The predicted octanol–water partition coefficient (Wildman–Crippen LogP) is 3.39. The maximum atomic E-state index is 14.0. The molecule has 1 aromatic carbocycles. The summed E-state index contributed by atoms with van der Waals surface area (Å²) in [6.45, 7) is 5.23. The van der Waals surface area contributed by atoms with Crippen LogP contribution in [0, 0.1) is 32.4 Å². The van der Waals surface area contributed by atoms with Gasteiger partial charge in [0.05, 0.1) is 16.7 Å². The molecular formula is C13H14F2N2S. The molecular weight excluding hydrogens is 254 g/mol. The van der Waals surface area contributed by atoms with E-state index >= 15 is 0 Å². The molecule has 0 aliphatic carbocycles. The van der Waals surface area contributed by atoms with E-state index in [0.717, 1.165) is 10.7 Å². The van der Waals surface area contributed by atoms with Gasteiger partial charge in [0.2, 0.25) is 0 Å². The Morgan fingerprint density at radius 2 is 1.89 bits per heavy atom. The first kappa shape index (κ1) is 13.1. The second-order valence-corrected chi connectivity index (χ2v) is 5.49. The molecule has 2 nitrogen and oxygen atoms in total. The molecule has 0 amide bonds. The Balaban J connectivity index is 2.56. The molecule has 0 saturated carbocycles. The maximum Gasteiger partial charge on any atom is 0.134 e. The first-order valence-electron chi connectivity index (χ1n) is 5.55. The average molecular weight is 268 g/mol. The van der Waals surface area contributed by atoms with E-state index in [1.54, 1.807) is 13.8 Å². The Bertz CT molecular complexity index is 593. The van der Waals surface area contributed by atoms with Crippen LogP contribution in [0.15, 0.2) is 12.1 Å². The second kappa shape index (κ2) is 4.74. The van der Waals surface area contributed by atoms with Crippen molar-refractivity contribution < 1.29 is 8.78 Å². The third-order valence-electron chi connectivity index (χ3n) is 2.85. The molecule has 0 radical (unpaired) electrons. The van der Waals surface area contributed by atoms with Crippen LogP contribution in [0.5, 0.6) is 0 Å². The van der Waals surface area contributed by atoms with Gasteiger partial charge in [-0.25, -0.2) is 13.8 Å². The summed E-state index contributed by atoms with van der Waals surface area (Å²) in [5.41, 5.74) is 7.03. The van der Waals surface area contributed by atoms with Crippen molar-refractivity contribution in [2.45, 2.75) is 26.8 Å². The zero-order chi connectivity index (χ0) is 13.4. The third-order valence-corrected chi connectivity index (χ3v) is 4.01. The van der Waals surface area contributed by atoms with Gasteiger partial charge >= 0.3 is 0 Å². The number of halogens is 2. The summed E-state index contributed by atoms with van der Waals surface area (Å²) >= 11 is 1.37. The van der Waals surface area contributed by atoms with Crippen molar-refractivity contribution in [1.29, 1.82) is 0 Å². The van der Waals surface area contributed by atoms with E-state index < -0.39 is 17.7 Å². The van der Waals surface area contributed by atoms with Gasteiger partial charge in [0.1, 0.15) is 11.6 Å². The van der Waals surface area contributed by atoms with Crippen molar-refractivity contribution in [3.05, 3.63) is 50.5 Å². The Hall–Kier alpha value is -1.33. The van der Waals surface area contributed by atoms with E-state index in [-0.39, 0.29) is 5.56 Å². The molecule has 0 saturated heterocycles. The molecule has 1 atom stereocenters. The number of nitrogens with two attached hydrogens (primary N) is 1. The molecule has 2 rings (SSSR count). The topological polar surface area (TPSA) is 38.9 Å². The monoisotopic (exact) mass is 268 g/mol. The minimum absolute atomic E-state index is 0.0817. The summed E-state index contributed by atoms with van der Waals surface area (Å²) < 4.78 is 27.8. The molecule has 0 aliphatic heterocycles. The highest BCUT2D eigenvalue weighted by molar-refractivity contribution is 7.11. The van der Waals surface area contributed by atoms with E-state index in [1.165, 1.54) is 23.5 Å². The zero-order valence-corrected chi connectivity index (χ0v) is 11.2. The highest BCUT2D eigenvalue weighted by atomic mass is 32.1. The molecule has 1 unspecified atom stereocenters. The molecule has 0 spiro atoms. The minimum atomic E-state index is -0.809. The van der Waals surface area contributed by atoms with Crippen LogP contribution in [0.25, 0.3) is 0 Å². The van der Waals surface area contributed by atoms with Crippen LogP contribution in [-0.2, 0) is 0 Å². The van der Waals surface area contributed by atoms with E-state index in [0.29, 0.717) is 10.4 Å². The normalized spacial score (nSPS) is 12.8. The third kappa shape index (κ3) is 2.15. The Kier molecular flexibility index (Phi) is 3.45. The molecule has 0 aliphatic rings. The standard InChI is InChI=1S/C13H14F2N2S/c1-6-4-5-9(14)10(11(6)15)12(16)13-7(2)17-8(3)18-13/h4-5,12H,16H2,1-3H3. The molecule has 1 aromatic heterocycles. The van der Waals surface area contributed by atoms with E-state index in [9.17, 15) is 8.78 Å². The fourth-order valence-corrected chi connectivity index (χ4v) is 2.87. The average Bonchev–Trinajstić information content (AvgIpc) is 2.63. The van der Waals surface area contributed by atoms with Gasteiger partial charge < -0.3 is 5.73 Å². The van der Waals surface area contributed by atoms with Crippen LogP contribution in [0.3, 0.4) is 0 Å². The first-order valence-corrected chi connectivity index (χ1v) is 6.37. The fraction of sp³-hybridized carbons (Fsp3) is 0.308. The van der Waals surface area contributed by atoms with Crippen LogP contribution in [0.4, 0.5) is 8.78 Å². The van der Waals surface area contributed by atoms with Gasteiger partial charge in [0, 0.05) is 10.4 Å². The van der Waals surface area contributed by atoms with Gasteiger partial charge in [-0.2, -0.15) is 0 Å². The molecule has 0 fully saturated rings. The number of rotatable bonds is 2. The van der Waals surface area contributed by atoms with Crippen LogP contribution < -0.4 is 5.73 Å². The largest absolute Gasteiger partial charge is 0.319 e. The molecule has 96 valence electrons. The number of nitrogens with zero attached hydrogens (tertiary/aromatic N) is 1. The van der Waals surface area contributed by atoms with Crippen LogP contribution in [0.1, 0.15) is 32.7 Å². The summed E-state index contributed by atoms with van der Waals surface area (Å²) in [6, 6.07) is 1.85. The molecule has 18 heavy (non-hydrogen) atoms. The summed E-state index contributed by atoms with van der Waals surface area (Å²) in [5.74, 6) is -1.19. The molecule has 1 heterocycles. The summed E-state index contributed by atoms with van der Waals surface area (Å²) in [7, 11) is 0. The summed E-state index contributed by atoms with van der Waals surface area (Å²) in [4.78, 5) is 4.94. The van der Waals surface area contributed by atoms with Crippen molar-refractivity contribution in [2.75, 3.05) is 0 Å². The molecule has 2 N–H and O–H groups in total. The Morgan fingerprint density at radius 1 is 1.22 bits per heavy atom. The van der Waals surface area contributed by atoms with Gasteiger partial charge in [-0.1, -0.05) is 6.07 Å². The SMILES string of the molecule is Cc1nc(C)c(C(N)c2c(F)ccc(C)c2F)s1. The lowest BCUT2D eigenvalue weighted by Gasteiger charge is -2.14. The minimum Gasteiger partial charge on any atom is -0.319 e. The number of aromatic nitrogens is 1. The summed E-state index contributed by atoms with van der Waals surface area (Å²) in [6.07, 6.45) is 0. The van der Waals surface area contributed by atoms with Crippen LogP contribution >= 0.6 is 11.3 Å². The van der Waals surface area contributed by atoms with Gasteiger partial charge in [-0.05, 0) is 32.4 Å². The number of hydrogen-bond acceptors (Lipinski definition) is 3. The number of aryl methyl sites for hydroxylation is 3. The van der Waals surface area contributed by atoms with Crippen molar-refractivity contribution >= 4 is 11.3 Å². The lowest BCUT2D eigenvalue weighted by atomic mass is 10.0. The number of benzene rings is 1. The van der Waals surface area contributed by atoms with E-state index in [1.807, 2.05) is 6.92 Å². The second-order valence-electron chi connectivity index (χ2n) is 4.25. The Labute approximate surface area is 108 Å². The fourth-order valence-electron chi connectivity index (χ4n) is 1.93. The zero-order valence-electron chi connectivity index (χ0n) is 10.4. The molecule has 5 heteroatoms.